The second-order valence-electron chi connectivity index (χ2n) is 4.27. The second kappa shape index (κ2) is 6.78. The monoisotopic (exact) mass is 327 g/mol. The molecule has 21 heavy (non-hydrogen) atoms. The Labute approximate surface area is 131 Å². The van der Waals surface area contributed by atoms with Gasteiger partial charge in [-0.3, -0.25) is 0 Å². The molecule has 6 heteroatoms. The molecule has 2 aromatic rings. The predicted octanol–water partition coefficient (Wildman–Crippen LogP) is 4.53. The van der Waals surface area contributed by atoms with Crippen molar-refractivity contribution in [2.75, 3.05) is 12.4 Å². The molecule has 110 valence electrons. The standard InChI is InChI=1S/C15H12Cl2FNO2/c1-21-15(20)12-4-2-11(17)7-14(12)19-8-9-6-10(16)3-5-13(9)18/h2-7,19H,8H2,1H3. The first-order valence-corrected chi connectivity index (χ1v) is 6.82. The average Bonchev–Trinajstić information content (AvgIpc) is 2.47. The summed E-state index contributed by atoms with van der Waals surface area (Å²) in [5, 5.41) is 3.86. The Balaban J connectivity index is 2.25. The summed E-state index contributed by atoms with van der Waals surface area (Å²) in [5.41, 5.74) is 1.18. The third-order valence-corrected chi connectivity index (χ3v) is 3.33. The highest BCUT2D eigenvalue weighted by Crippen LogP contribution is 2.23. The van der Waals surface area contributed by atoms with Gasteiger partial charge in [-0.25, -0.2) is 9.18 Å². The summed E-state index contributed by atoms with van der Waals surface area (Å²) in [6.45, 7) is 0.163. The first-order valence-electron chi connectivity index (χ1n) is 6.07. The number of anilines is 1. The van der Waals surface area contributed by atoms with Crippen molar-refractivity contribution in [2.24, 2.45) is 0 Å². The number of esters is 1. The van der Waals surface area contributed by atoms with Crippen LogP contribution in [0.4, 0.5) is 10.1 Å². The highest BCUT2D eigenvalue weighted by Gasteiger charge is 2.13. The number of halogens is 3. The van der Waals surface area contributed by atoms with E-state index < -0.39 is 5.97 Å². The maximum Gasteiger partial charge on any atom is 0.339 e. The third kappa shape index (κ3) is 3.86. The highest BCUT2D eigenvalue weighted by atomic mass is 35.5. The number of benzene rings is 2. The first kappa shape index (κ1) is 15.6. The van der Waals surface area contributed by atoms with E-state index in [-0.39, 0.29) is 12.4 Å². The molecule has 0 aliphatic heterocycles. The summed E-state index contributed by atoms with van der Waals surface area (Å²) in [4.78, 5) is 11.7. The molecule has 2 rings (SSSR count). The molecule has 0 aliphatic rings. The summed E-state index contributed by atoms with van der Waals surface area (Å²) in [6.07, 6.45) is 0. The molecule has 2 aromatic carbocycles. The lowest BCUT2D eigenvalue weighted by atomic mass is 10.1. The van der Waals surface area contributed by atoms with Gasteiger partial charge in [0, 0.05) is 22.2 Å². The Kier molecular flexibility index (Phi) is 5.04. The fourth-order valence-corrected chi connectivity index (χ4v) is 2.19. The Morgan fingerprint density at radius 2 is 1.86 bits per heavy atom. The van der Waals surface area contributed by atoms with E-state index >= 15 is 0 Å². The molecule has 0 aromatic heterocycles. The molecule has 0 aliphatic carbocycles. The largest absolute Gasteiger partial charge is 0.465 e. The Bertz CT molecular complexity index is 677. The second-order valence-corrected chi connectivity index (χ2v) is 5.14. The molecule has 0 amide bonds. The van der Waals surface area contributed by atoms with Gasteiger partial charge in [-0.2, -0.15) is 0 Å². The lowest BCUT2D eigenvalue weighted by Crippen LogP contribution is -2.09. The van der Waals surface area contributed by atoms with Crippen molar-refractivity contribution in [1.82, 2.24) is 0 Å². The van der Waals surface area contributed by atoms with Crippen molar-refractivity contribution in [2.45, 2.75) is 6.54 Å². The lowest BCUT2D eigenvalue weighted by Gasteiger charge is -2.12. The smallest absolute Gasteiger partial charge is 0.339 e. The normalized spacial score (nSPS) is 10.3. The summed E-state index contributed by atoms with van der Waals surface area (Å²) in [6, 6.07) is 8.99. The zero-order valence-electron chi connectivity index (χ0n) is 11.1. The molecule has 0 saturated heterocycles. The van der Waals surface area contributed by atoms with E-state index in [1.807, 2.05) is 0 Å². The van der Waals surface area contributed by atoms with E-state index in [1.54, 1.807) is 18.2 Å². The van der Waals surface area contributed by atoms with Crippen LogP contribution in [-0.2, 0) is 11.3 Å². The highest BCUT2D eigenvalue weighted by molar-refractivity contribution is 6.31. The van der Waals surface area contributed by atoms with Crippen LogP contribution in [0.2, 0.25) is 10.0 Å². The average molecular weight is 328 g/mol. The summed E-state index contributed by atoms with van der Waals surface area (Å²) >= 11 is 11.8. The fraction of sp³-hybridized carbons (Fsp3) is 0.133. The van der Waals surface area contributed by atoms with E-state index in [0.29, 0.717) is 26.9 Å². The van der Waals surface area contributed by atoms with Crippen molar-refractivity contribution < 1.29 is 13.9 Å². The molecule has 0 radical (unpaired) electrons. The molecule has 0 spiro atoms. The molecule has 0 heterocycles. The minimum Gasteiger partial charge on any atom is -0.465 e. The molecule has 0 saturated carbocycles. The minimum absolute atomic E-state index is 0.163. The summed E-state index contributed by atoms with van der Waals surface area (Å²) < 4.78 is 18.4. The van der Waals surface area contributed by atoms with Crippen molar-refractivity contribution in [1.29, 1.82) is 0 Å². The van der Waals surface area contributed by atoms with Gasteiger partial charge in [-0.1, -0.05) is 23.2 Å². The fourth-order valence-electron chi connectivity index (χ4n) is 1.82. The molecular formula is C15H12Cl2FNO2. The Morgan fingerprint density at radius 3 is 2.57 bits per heavy atom. The Hall–Kier alpha value is -1.78. The maximum absolute atomic E-state index is 13.7. The number of nitrogens with one attached hydrogen (secondary N) is 1. The van der Waals surface area contributed by atoms with Crippen LogP contribution in [0.15, 0.2) is 36.4 Å². The van der Waals surface area contributed by atoms with E-state index in [9.17, 15) is 9.18 Å². The van der Waals surface area contributed by atoms with Gasteiger partial charge in [0.05, 0.1) is 18.4 Å². The SMILES string of the molecule is COC(=O)c1ccc(Cl)cc1NCc1cc(Cl)ccc1F. The first-order chi connectivity index (χ1) is 10.0. The van der Waals surface area contributed by atoms with Crippen LogP contribution in [-0.4, -0.2) is 13.1 Å². The van der Waals surface area contributed by atoms with Crippen molar-refractivity contribution >= 4 is 34.9 Å². The Morgan fingerprint density at radius 1 is 1.19 bits per heavy atom. The van der Waals surface area contributed by atoms with Gasteiger partial charge < -0.3 is 10.1 Å². The molecule has 0 unspecified atom stereocenters. The van der Waals surface area contributed by atoms with Gasteiger partial charge in [0.25, 0.3) is 0 Å². The lowest BCUT2D eigenvalue weighted by molar-refractivity contribution is 0.0602. The number of hydrogen-bond donors (Lipinski definition) is 1. The molecule has 0 atom stereocenters. The zero-order chi connectivity index (χ0) is 15.4. The number of ether oxygens (including phenoxy) is 1. The van der Waals surface area contributed by atoms with E-state index in [0.717, 1.165) is 0 Å². The number of methoxy groups -OCH3 is 1. The molecule has 0 fully saturated rings. The van der Waals surface area contributed by atoms with Gasteiger partial charge in [-0.05, 0) is 36.4 Å². The molecule has 0 bridgehead atoms. The zero-order valence-corrected chi connectivity index (χ0v) is 12.6. The van der Waals surface area contributed by atoms with Crippen LogP contribution < -0.4 is 5.32 Å². The summed E-state index contributed by atoms with van der Waals surface area (Å²) in [7, 11) is 1.29. The van der Waals surface area contributed by atoms with Gasteiger partial charge in [0.2, 0.25) is 0 Å². The van der Waals surface area contributed by atoms with Crippen molar-refractivity contribution in [3.05, 3.63) is 63.4 Å². The molecule has 1 N–H and O–H groups in total. The number of rotatable bonds is 4. The third-order valence-electron chi connectivity index (χ3n) is 2.86. The summed E-state index contributed by atoms with van der Waals surface area (Å²) in [5.74, 6) is -0.880. The van der Waals surface area contributed by atoms with E-state index in [4.69, 9.17) is 27.9 Å². The van der Waals surface area contributed by atoms with Crippen LogP contribution in [0.5, 0.6) is 0 Å². The molecule has 3 nitrogen and oxygen atoms in total. The maximum atomic E-state index is 13.7. The van der Waals surface area contributed by atoms with Gasteiger partial charge >= 0.3 is 5.97 Å². The van der Waals surface area contributed by atoms with Crippen LogP contribution in [0.1, 0.15) is 15.9 Å². The van der Waals surface area contributed by atoms with Crippen LogP contribution in [0.25, 0.3) is 0 Å². The number of hydrogen-bond acceptors (Lipinski definition) is 3. The van der Waals surface area contributed by atoms with Crippen LogP contribution in [0.3, 0.4) is 0 Å². The van der Waals surface area contributed by atoms with E-state index in [2.05, 4.69) is 5.32 Å². The number of carbonyl (C=O) groups excluding carboxylic acids is 1. The molecular weight excluding hydrogens is 316 g/mol. The van der Waals surface area contributed by atoms with E-state index in [1.165, 1.54) is 25.3 Å². The van der Waals surface area contributed by atoms with Crippen molar-refractivity contribution in [3.63, 3.8) is 0 Å². The van der Waals surface area contributed by atoms with Crippen LogP contribution >= 0.6 is 23.2 Å². The van der Waals surface area contributed by atoms with Crippen LogP contribution in [0, 0.1) is 5.82 Å². The van der Waals surface area contributed by atoms with Gasteiger partial charge in [0.15, 0.2) is 0 Å². The van der Waals surface area contributed by atoms with Gasteiger partial charge in [-0.15, -0.1) is 0 Å². The number of carbonyl (C=O) groups is 1. The topological polar surface area (TPSA) is 38.3 Å². The van der Waals surface area contributed by atoms with Gasteiger partial charge in [0.1, 0.15) is 5.82 Å². The minimum atomic E-state index is -0.499. The quantitative estimate of drug-likeness (QED) is 0.838. The predicted molar refractivity (Wildman–Crippen MR) is 81.5 cm³/mol. The van der Waals surface area contributed by atoms with Crippen molar-refractivity contribution in [3.8, 4) is 0 Å².